The highest BCUT2D eigenvalue weighted by Gasteiger charge is 2.26. The SMILES string of the molecule is CC1CC(C)CN(C(=O)c2ccc(Cc3n[nH]cc3Br)cc2)C1. The Hall–Kier alpha value is -1.62. The third-order valence-corrected chi connectivity index (χ3v) is 5.08. The molecule has 122 valence electrons. The summed E-state index contributed by atoms with van der Waals surface area (Å²) in [5, 5.41) is 7.05. The van der Waals surface area contributed by atoms with E-state index in [-0.39, 0.29) is 5.91 Å². The van der Waals surface area contributed by atoms with Gasteiger partial charge in [-0.3, -0.25) is 9.89 Å². The summed E-state index contributed by atoms with van der Waals surface area (Å²) in [5.41, 5.74) is 2.90. The number of halogens is 1. The number of benzene rings is 1. The second-order valence-electron chi connectivity index (χ2n) is 6.71. The number of piperidine rings is 1. The van der Waals surface area contributed by atoms with Crippen molar-refractivity contribution in [1.29, 1.82) is 0 Å². The molecule has 1 aliphatic heterocycles. The van der Waals surface area contributed by atoms with Gasteiger partial charge >= 0.3 is 0 Å². The molecule has 0 aliphatic carbocycles. The van der Waals surface area contributed by atoms with E-state index in [1.54, 1.807) is 0 Å². The number of likely N-dealkylation sites (tertiary alicyclic amines) is 1. The van der Waals surface area contributed by atoms with E-state index in [2.05, 4.69) is 40.0 Å². The summed E-state index contributed by atoms with van der Waals surface area (Å²) < 4.78 is 0.981. The number of hydrogen-bond acceptors (Lipinski definition) is 2. The van der Waals surface area contributed by atoms with Crippen LogP contribution in [-0.2, 0) is 6.42 Å². The lowest BCUT2D eigenvalue weighted by Crippen LogP contribution is -2.42. The molecule has 2 atom stereocenters. The van der Waals surface area contributed by atoms with Gasteiger partial charge in [0, 0.05) is 31.3 Å². The number of nitrogens with one attached hydrogen (secondary N) is 1. The van der Waals surface area contributed by atoms with Crippen LogP contribution < -0.4 is 0 Å². The zero-order valence-corrected chi connectivity index (χ0v) is 15.1. The van der Waals surface area contributed by atoms with Crippen molar-refractivity contribution in [2.45, 2.75) is 26.7 Å². The zero-order valence-electron chi connectivity index (χ0n) is 13.6. The van der Waals surface area contributed by atoms with Crippen LogP contribution in [0.2, 0.25) is 0 Å². The number of aromatic nitrogens is 2. The van der Waals surface area contributed by atoms with Crippen molar-refractivity contribution in [3.05, 3.63) is 51.8 Å². The van der Waals surface area contributed by atoms with E-state index in [4.69, 9.17) is 0 Å². The molecule has 1 saturated heterocycles. The molecular weight excluding hydrogens is 354 g/mol. The van der Waals surface area contributed by atoms with E-state index in [1.165, 1.54) is 6.42 Å². The molecule has 1 N–H and O–H groups in total. The lowest BCUT2D eigenvalue weighted by atomic mass is 9.91. The van der Waals surface area contributed by atoms with Crippen molar-refractivity contribution in [2.75, 3.05) is 13.1 Å². The maximum Gasteiger partial charge on any atom is 0.253 e. The van der Waals surface area contributed by atoms with Gasteiger partial charge in [-0.2, -0.15) is 5.10 Å². The van der Waals surface area contributed by atoms with Crippen LogP contribution in [-0.4, -0.2) is 34.1 Å². The molecule has 4 nitrogen and oxygen atoms in total. The zero-order chi connectivity index (χ0) is 16.4. The molecule has 0 saturated carbocycles. The normalized spacial score (nSPS) is 21.4. The van der Waals surface area contributed by atoms with Gasteiger partial charge in [-0.05, 0) is 51.9 Å². The van der Waals surface area contributed by atoms with E-state index >= 15 is 0 Å². The number of amides is 1. The van der Waals surface area contributed by atoms with Gasteiger partial charge in [0.2, 0.25) is 0 Å². The molecule has 0 spiro atoms. The first kappa shape index (κ1) is 16.2. The van der Waals surface area contributed by atoms with Gasteiger partial charge in [0.05, 0.1) is 10.2 Å². The van der Waals surface area contributed by atoms with E-state index in [0.29, 0.717) is 11.8 Å². The largest absolute Gasteiger partial charge is 0.338 e. The van der Waals surface area contributed by atoms with Crippen molar-refractivity contribution >= 4 is 21.8 Å². The number of hydrogen-bond donors (Lipinski definition) is 1. The molecule has 1 aromatic carbocycles. The van der Waals surface area contributed by atoms with Crippen LogP contribution in [0.4, 0.5) is 0 Å². The molecular formula is C18H22BrN3O. The standard InChI is InChI=1S/C18H22BrN3O/c1-12-7-13(2)11-22(10-12)18(23)15-5-3-14(4-6-15)8-17-16(19)9-20-21-17/h3-6,9,12-13H,7-8,10-11H2,1-2H3,(H,20,21). The first-order chi connectivity index (χ1) is 11.0. The number of carbonyl (C=O) groups excluding carboxylic acids is 1. The molecule has 0 bridgehead atoms. The van der Waals surface area contributed by atoms with Gasteiger partial charge in [0.25, 0.3) is 5.91 Å². The van der Waals surface area contributed by atoms with Gasteiger partial charge in [-0.15, -0.1) is 0 Å². The highest BCUT2D eigenvalue weighted by Crippen LogP contribution is 2.23. The number of rotatable bonds is 3. The van der Waals surface area contributed by atoms with Crippen LogP contribution in [0.25, 0.3) is 0 Å². The number of aromatic amines is 1. The van der Waals surface area contributed by atoms with Gasteiger partial charge in [-0.1, -0.05) is 26.0 Å². The summed E-state index contributed by atoms with van der Waals surface area (Å²) >= 11 is 3.47. The first-order valence-corrected chi connectivity index (χ1v) is 8.88. The van der Waals surface area contributed by atoms with Crippen LogP contribution in [0.15, 0.2) is 34.9 Å². The lowest BCUT2D eigenvalue weighted by Gasteiger charge is -2.35. The average Bonchev–Trinajstić information content (AvgIpc) is 2.91. The molecule has 1 aliphatic rings. The Balaban J connectivity index is 1.69. The van der Waals surface area contributed by atoms with Gasteiger partial charge in [0.1, 0.15) is 0 Å². The van der Waals surface area contributed by atoms with E-state index in [0.717, 1.165) is 40.8 Å². The fourth-order valence-corrected chi connectivity index (χ4v) is 3.73. The Morgan fingerprint density at radius 1 is 1.26 bits per heavy atom. The number of H-pyrrole nitrogens is 1. The molecule has 1 aromatic heterocycles. The molecule has 1 amide bonds. The molecule has 3 rings (SSSR count). The number of nitrogens with zero attached hydrogens (tertiary/aromatic N) is 2. The Kier molecular flexibility index (Phi) is 4.85. The fraction of sp³-hybridized carbons (Fsp3) is 0.444. The molecule has 1 fully saturated rings. The van der Waals surface area contributed by atoms with E-state index in [1.807, 2.05) is 35.4 Å². The summed E-state index contributed by atoms with van der Waals surface area (Å²) in [6.07, 6.45) is 3.78. The van der Waals surface area contributed by atoms with Crippen LogP contribution in [0.3, 0.4) is 0 Å². The van der Waals surface area contributed by atoms with Crippen LogP contribution in [0.5, 0.6) is 0 Å². The molecule has 2 aromatic rings. The predicted molar refractivity (Wildman–Crippen MR) is 94.4 cm³/mol. The third-order valence-electron chi connectivity index (χ3n) is 4.39. The predicted octanol–water partition coefficient (Wildman–Crippen LogP) is 3.88. The van der Waals surface area contributed by atoms with Gasteiger partial charge in [0.15, 0.2) is 0 Å². The second kappa shape index (κ2) is 6.87. The summed E-state index contributed by atoms with van der Waals surface area (Å²) in [4.78, 5) is 14.7. The monoisotopic (exact) mass is 375 g/mol. The molecule has 2 unspecified atom stereocenters. The van der Waals surface area contributed by atoms with Gasteiger partial charge in [-0.25, -0.2) is 0 Å². The summed E-state index contributed by atoms with van der Waals surface area (Å²) in [6.45, 7) is 6.18. The summed E-state index contributed by atoms with van der Waals surface area (Å²) in [5.74, 6) is 1.31. The van der Waals surface area contributed by atoms with Crippen molar-refractivity contribution in [3.8, 4) is 0 Å². The maximum absolute atomic E-state index is 12.7. The summed E-state index contributed by atoms with van der Waals surface area (Å²) in [6, 6.07) is 7.90. The van der Waals surface area contributed by atoms with Crippen molar-refractivity contribution in [1.82, 2.24) is 15.1 Å². The molecule has 0 radical (unpaired) electrons. The second-order valence-corrected chi connectivity index (χ2v) is 7.56. The fourth-order valence-electron chi connectivity index (χ4n) is 3.40. The van der Waals surface area contributed by atoms with Crippen LogP contribution in [0.1, 0.15) is 41.9 Å². The number of carbonyl (C=O) groups is 1. The maximum atomic E-state index is 12.7. The highest BCUT2D eigenvalue weighted by atomic mass is 79.9. The Morgan fingerprint density at radius 3 is 2.48 bits per heavy atom. The average molecular weight is 376 g/mol. The third kappa shape index (κ3) is 3.83. The van der Waals surface area contributed by atoms with Crippen molar-refractivity contribution < 1.29 is 4.79 Å². The smallest absolute Gasteiger partial charge is 0.253 e. The lowest BCUT2D eigenvalue weighted by molar-refractivity contribution is 0.0623. The Bertz CT molecular complexity index is 670. The Labute approximate surface area is 145 Å². The molecule has 23 heavy (non-hydrogen) atoms. The minimum absolute atomic E-state index is 0.149. The molecule has 5 heteroatoms. The van der Waals surface area contributed by atoms with Crippen LogP contribution in [0, 0.1) is 11.8 Å². The highest BCUT2D eigenvalue weighted by molar-refractivity contribution is 9.10. The van der Waals surface area contributed by atoms with Gasteiger partial charge < -0.3 is 4.90 Å². The summed E-state index contributed by atoms with van der Waals surface area (Å²) in [7, 11) is 0. The van der Waals surface area contributed by atoms with Crippen LogP contribution >= 0.6 is 15.9 Å². The Morgan fingerprint density at radius 2 is 1.91 bits per heavy atom. The minimum Gasteiger partial charge on any atom is -0.338 e. The first-order valence-electron chi connectivity index (χ1n) is 8.09. The quantitative estimate of drug-likeness (QED) is 0.884. The molecule has 2 heterocycles. The minimum atomic E-state index is 0.149. The van der Waals surface area contributed by atoms with E-state index < -0.39 is 0 Å². The topological polar surface area (TPSA) is 49.0 Å². The van der Waals surface area contributed by atoms with Crippen molar-refractivity contribution in [3.63, 3.8) is 0 Å². The van der Waals surface area contributed by atoms with E-state index in [9.17, 15) is 4.79 Å². The van der Waals surface area contributed by atoms with Crippen molar-refractivity contribution in [2.24, 2.45) is 11.8 Å².